The van der Waals surface area contributed by atoms with Gasteiger partial charge in [0.25, 0.3) is 0 Å². The molecule has 2 fully saturated rings. The van der Waals surface area contributed by atoms with Gasteiger partial charge in [-0.05, 0) is 62.7 Å². The predicted octanol–water partition coefficient (Wildman–Crippen LogP) is 4.87. The van der Waals surface area contributed by atoms with Gasteiger partial charge in [0.2, 0.25) is 0 Å². The maximum absolute atomic E-state index is 6.29. The standard InChI is InChI=1S/C27H28N6O/c1-17-11-22(31-27-19-9-10-28-13-23(19)29-16-30-27)24(12-25(17)34-18-7-5-4-6-8-18)33-14-20-21(15-33)26(20)32(2)3/h4-13,16,20-21,26H,14-15H2,1-3H3,(H,29,30,31). The summed E-state index contributed by atoms with van der Waals surface area (Å²) >= 11 is 0. The van der Waals surface area contributed by atoms with E-state index in [1.807, 2.05) is 36.4 Å². The van der Waals surface area contributed by atoms with Crippen molar-refractivity contribution in [1.82, 2.24) is 19.9 Å². The van der Waals surface area contributed by atoms with E-state index in [0.717, 1.165) is 58.2 Å². The van der Waals surface area contributed by atoms with E-state index >= 15 is 0 Å². The number of pyridine rings is 1. The molecule has 1 saturated carbocycles. The fourth-order valence-electron chi connectivity index (χ4n) is 5.36. The Morgan fingerprint density at radius 1 is 1.03 bits per heavy atom. The maximum Gasteiger partial charge on any atom is 0.141 e. The second kappa shape index (κ2) is 8.25. The molecule has 1 aliphatic heterocycles. The molecule has 0 bridgehead atoms. The zero-order chi connectivity index (χ0) is 23.2. The second-order valence-electron chi connectivity index (χ2n) is 9.48. The average molecular weight is 453 g/mol. The van der Waals surface area contributed by atoms with Crippen molar-refractivity contribution >= 4 is 28.1 Å². The van der Waals surface area contributed by atoms with Crippen LogP contribution in [0.25, 0.3) is 10.9 Å². The summed E-state index contributed by atoms with van der Waals surface area (Å²) in [5.74, 6) is 3.92. The number of aryl methyl sites for hydroxylation is 1. The number of piperidine rings is 1. The van der Waals surface area contributed by atoms with Crippen molar-refractivity contribution in [2.24, 2.45) is 11.8 Å². The number of benzene rings is 2. The number of ether oxygens (including phenoxy) is 1. The maximum atomic E-state index is 6.29. The Balaban J connectivity index is 1.37. The van der Waals surface area contributed by atoms with Crippen molar-refractivity contribution in [2.45, 2.75) is 13.0 Å². The first-order valence-corrected chi connectivity index (χ1v) is 11.7. The molecule has 2 aliphatic rings. The molecule has 2 aromatic heterocycles. The molecule has 6 rings (SSSR count). The Morgan fingerprint density at radius 3 is 2.59 bits per heavy atom. The zero-order valence-electron chi connectivity index (χ0n) is 19.6. The first-order chi connectivity index (χ1) is 16.6. The molecule has 0 amide bonds. The molecule has 2 unspecified atom stereocenters. The van der Waals surface area contributed by atoms with Crippen LogP contribution in [0.15, 0.2) is 67.3 Å². The largest absolute Gasteiger partial charge is 0.457 e. The first-order valence-electron chi connectivity index (χ1n) is 11.7. The van der Waals surface area contributed by atoms with Crippen molar-refractivity contribution in [1.29, 1.82) is 0 Å². The monoisotopic (exact) mass is 452 g/mol. The SMILES string of the molecule is Cc1cc(Nc2ncnc3cnccc23)c(N2CC3C(C2)C3N(C)C)cc1Oc1ccccc1. The van der Waals surface area contributed by atoms with Gasteiger partial charge in [-0.1, -0.05) is 18.2 Å². The van der Waals surface area contributed by atoms with E-state index in [1.165, 1.54) is 0 Å². The number of para-hydroxylation sites is 1. The van der Waals surface area contributed by atoms with Crippen LogP contribution in [0, 0.1) is 18.8 Å². The summed E-state index contributed by atoms with van der Waals surface area (Å²) in [6.45, 7) is 4.17. The molecule has 34 heavy (non-hydrogen) atoms. The van der Waals surface area contributed by atoms with Crippen LogP contribution >= 0.6 is 0 Å². The number of fused-ring (bicyclic) bond motifs is 2. The lowest BCUT2D eigenvalue weighted by atomic mass is 10.1. The lowest BCUT2D eigenvalue weighted by Gasteiger charge is -2.27. The summed E-state index contributed by atoms with van der Waals surface area (Å²) in [4.78, 5) is 17.9. The molecule has 7 heteroatoms. The fraction of sp³-hybridized carbons (Fsp3) is 0.296. The van der Waals surface area contributed by atoms with Crippen molar-refractivity contribution in [3.63, 3.8) is 0 Å². The molecule has 0 radical (unpaired) electrons. The van der Waals surface area contributed by atoms with Gasteiger partial charge >= 0.3 is 0 Å². The molecule has 2 atom stereocenters. The Labute approximate surface area is 199 Å². The highest BCUT2D eigenvalue weighted by Gasteiger charge is 2.57. The third kappa shape index (κ3) is 3.72. The number of aromatic nitrogens is 3. The minimum absolute atomic E-state index is 0.691. The van der Waals surface area contributed by atoms with E-state index in [4.69, 9.17) is 4.74 Å². The topological polar surface area (TPSA) is 66.4 Å². The van der Waals surface area contributed by atoms with Gasteiger partial charge in [-0.2, -0.15) is 0 Å². The third-order valence-electron chi connectivity index (χ3n) is 7.04. The quantitative estimate of drug-likeness (QED) is 0.448. The number of hydrogen-bond acceptors (Lipinski definition) is 7. The minimum Gasteiger partial charge on any atom is -0.457 e. The highest BCUT2D eigenvalue weighted by molar-refractivity contribution is 5.91. The van der Waals surface area contributed by atoms with Crippen molar-refractivity contribution in [3.05, 3.63) is 72.8 Å². The molecule has 1 saturated heterocycles. The van der Waals surface area contributed by atoms with Crippen LogP contribution in [0.1, 0.15) is 5.56 Å². The summed E-state index contributed by atoms with van der Waals surface area (Å²) in [6.07, 6.45) is 5.12. The van der Waals surface area contributed by atoms with Gasteiger partial charge in [0.1, 0.15) is 23.6 Å². The number of nitrogens with one attached hydrogen (secondary N) is 1. The van der Waals surface area contributed by atoms with Crippen molar-refractivity contribution in [3.8, 4) is 11.5 Å². The Bertz CT molecular complexity index is 1320. The van der Waals surface area contributed by atoms with Gasteiger partial charge in [-0.25, -0.2) is 9.97 Å². The first kappa shape index (κ1) is 20.9. The van der Waals surface area contributed by atoms with E-state index in [2.05, 4.69) is 63.2 Å². The summed E-state index contributed by atoms with van der Waals surface area (Å²) in [7, 11) is 4.38. The molecule has 0 spiro atoms. The second-order valence-corrected chi connectivity index (χ2v) is 9.48. The highest BCUT2D eigenvalue weighted by atomic mass is 16.5. The Hall–Kier alpha value is -3.71. The molecule has 2 aromatic carbocycles. The number of hydrogen-bond donors (Lipinski definition) is 1. The molecule has 1 aliphatic carbocycles. The van der Waals surface area contributed by atoms with E-state index < -0.39 is 0 Å². The van der Waals surface area contributed by atoms with Gasteiger partial charge in [0.15, 0.2) is 0 Å². The molecule has 3 heterocycles. The smallest absolute Gasteiger partial charge is 0.141 e. The van der Waals surface area contributed by atoms with E-state index in [1.54, 1.807) is 18.7 Å². The van der Waals surface area contributed by atoms with Crippen LogP contribution in [-0.4, -0.2) is 53.1 Å². The Morgan fingerprint density at radius 2 is 1.82 bits per heavy atom. The van der Waals surface area contributed by atoms with E-state index in [-0.39, 0.29) is 0 Å². The summed E-state index contributed by atoms with van der Waals surface area (Å²) in [6, 6.07) is 16.9. The molecular formula is C27H28N6O. The van der Waals surface area contributed by atoms with Gasteiger partial charge in [-0.15, -0.1) is 0 Å². The van der Waals surface area contributed by atoms with E-state index in [9.17, 15) is 0 Å². The average Bonchev–Trinajstić information content (AvgIpc) is 3.36. The van der Waals surface area contributed by atoms with Crippen LogP contribution < -0.4 is 15.0 Å². The lowest BCUT2D eigenvalue weighted by molar-refractivity contribution is 0.357. The number of rotatable bonds is 6. The van der Waals surface area contributed by atoms with Gasteiger partial charge in [0, 0.05) is 36.8 Å². The summed E-state index contributed by atoms with van der Waals surface area (Å²) in [5.41, 5.74) is 4.05. The Kier molecular flexibility index (Phi) is 5.07. The zero-order valence-corrected chi connectivity index (χ0v) is 19.6. The van der Waals surface area contributed by atoms with Crippen molar-refractivity contribution < 1.29 is 4.74 Å². The molecule has 7 nitrogen and oxygen atoms in total. The third-order valence-corrected chi connectivity index (χ3v) is 7.04. The van der Waals surface area contributed by atoms with Gasteiger partial charge in [0.05, 0.1) is 23.1 Å². The molecule has 4 aromatic rings. The minimum atomic E-state index is 0.691. The van der Waals surface area contributed by atoms with Crippen molar-refractivity contribution in [2.75, 3.05) is 37.4 Å². The lowest BCUT2D eigenvalue weighted by Crippen LogP contribution is -2.31. The predicted molar refractivity (Wildman–Crippen MR) is 135 cm³/mol. The molecule has 172 valence electrons. The van der Waals surface area contributed by atoms with Gasteiger partial charge in [-0.3, -0.25) is 4.98 Å². The number of nitrogens with zero attached hydrogens (tertiary/aromatic N) is 5. The molecule has 1 N–H and O–H groups in total. The normalized spacial score (nSPS) is 21.1. The van der Waals surface area contributed by atoms with Crippen LogP contribution in [0.5, 0.6) is 11.5 Å². The fourth-order valence-corrected chi connectivity index (χ4v) is 5.36. The van der Waals surface area contributed by atoms with Crippen LogP contribution in [0.3, 0.4) is 0 Å². The summed E-state index contributed by atoms with van der Waals surface area (Å²) < 4.78 is 6.29. The van der Waals surface area contributed by atoms with Gasteiger partial charge < -0.3 is 19.9 Å². The number of anilines is 3. The van der Waals surface area contributed by atoms with Crippen LogP contribution in [-0.2, 0) is 0 Å². The van der Waals surface area contributed by atoms with E-state index in [0.29, 0.717) is 17.9 Å². The highest BCUT2D eigenvalue weighted by Crippen LogP contribution is 2.51. The van der Waals surface area contributed by atoms with Crippen LogP contribution in [0.4, 0.5) is 17.2 Å². The summed E-state index contributed by atoms with van der Waals surface area (Å²) in [5, 5.41) is 4.55. The van der Waals surface area contributed by atoms with Crippen LogP contribution in [0.2, 0.25) is 0 Å². The molecular weight excluding hydrogens is 424 g/mol.